The smallest absolute Gasteiger partial charge is 0.0724 e. The molecule has 7 heavy (non-hydrogen) atoms. The van der Waals surface area contributed by atoms with Gasteiger partial charge in [0.25, 0.3) is 0 Å². The SMILES string of the molecule is Clc1[c-]cccc1. The molecule has 0 nitrogen and oxygen atoms in total. The number of benzene rings is 1. The van der Waals surface area contributed by atoms with Gasteiger partial charge in [0, 0.05) is 0 Å². The van der Waals surface area contributed by atoms with Crippen LogP contribution >= 0.6 is 11.6 Å². The van der Waals surface area contributed by atoms with Crippen LogP contribution in [-0.4, -0.2) is 0 Å². The summed E-state index contributed by atoms with van der Waals surface area (Å²) in [6.07, 6.45) is 0. The Hall–Kier alpha value is -0.490. The van der Waals surface area contributed by atoms with Gasteiger partial charge in [0.2, 0.25) is 0 Å². The molecule has 0 bridgehead atoms. The third-order valence-electron chi connectivity index (χ3n) is 0.671. The zero-order chi connectivity index (χ0) is 5.11. The second-order valence-corrected chi connectivity index (χ2v) is 1.62. The molecule has 0 aliphatic carbocycles. The van der Waals surface area contributed by atoms with Crippen LogP contribution in [0.2, 0.25) is 5.02 Å². The van der Waals surface area contributed by atoms with Crippen LogP contribution in [0.4, 0.5) is 0 Å². The lowest BCUT2D eigenvalue weighted by Crippen LogP contribution is -1.56. The molecule has 1 heteroatoms. The second kappa shape index (κ2) is 1.99. The Balaban J connectivity index is 3.02. The Morgan fingerprint density at radius 2 is 2.29 bits per heavy atom. The van der Waals surface area contributed by atoms with Gasteiger partial charge >= 0.3 is 0 Å². The Labute approximate surface area is 47.7 Å². The van der Waals surface area contributed by atoms with Crippen LogP contribution in [0.25, 0.3) is 0 Å². The minimum atomic E-state index is 0.669. The van der Waals surface area contributed by atoms with Gasteiger partial charge in [-0.05, 0) is 0 Å². The molecule has 0 aromatic heterocycles. The first-order chi connectivity index (χ1) is 3.39. The van der Waals surface area contributed by atoms with Gasteiger partial charge in [-0.3, -0.25) is 0 Å². The molecule has 0 atom stereocenters. The van der Waals surface area contributed by atoms with E-state index in [4.69, 9.17) is 11.6 Å². The van der Waals surface area contributed by atoms with E-state index in [0.717, 1.165) is 0 Å². The molecule has 0 radical (unpaired) electrons. The van der Waals surface area contributed by atoms with E-state index in [0.29, 0.717) is 5.02 Å². The number of halogens is 1. The Morgan fingerprint density at radius 3 is 2.57 bits per heavy atom. The number of hydrogen-bond acceptors (Lipinski definition) is 0. The molecular weight excluding hydrogens is 108 g/mol. The molecule has 1 rings (SSSR count). The summed E-state index contributed by atoms with van der Waals surface area (Å²) >= 11 is 5.48. The molecule has 0 aliphatic heterocycles. The van der Waals surface area contributed by atoms with E-state index in [2.05, 4.69) is 6.07 Å². The lowest BCUT2D eigenvalue weighted by atomic mass is 10.4. The van der Waals surface area contributed by atoms with Crippen LogP contribution in [0.5, 0.6) is 0 Å². The van der Waals surface area contributed by atoms with Crippen LogP contribution in [0.3, 0.4) is 0 Å². The van der Waals surface area contributed by atoms with E-state index in [1.807, 2.05) is 12.1 Å². The van der Waals surface area contributed by atoms with Crippen LogP contribution in [0.15, 0.2) is 24.3 Å². The van der Waals surface area contributed by atoms with Gasteiger partial charge < -0.3 is 0 Å². The monoisotopic (exact) mass is 111 g/mol. The first kappa shape index (κ1) is 4.66. The summed E-state index contributed by atoms with van der Waals surface area (Å²) in [5.74, 6) is 0. The third-order valence-corrected chi connectivity index (χ3v) is 0.906. The highest BCUT2D eigenvalue weighted by molar-refractivity contribution is 6.30. The van der Waals surface area contributed by atoms with Gasteiger partial charge in [-0.25, -0.2) is 0 Å². The van der Waals surface area contributed by atoms with E-state index in [9.17, 15) is 0 Å². The van der Waals surface area contributed by atoms with E-state index in [1.54, 1.807) is 12.1 Å². The van der Waals surface area contributed by atoms with Crippen LogP contribution < -0.4 is 0 Å². The fraction of sp³-hybridized carbons (Fsp3) is 0. The van der Waals surface area contributed by atoms with Crippen molar-refractivity contribution >= 4 is 11.6 Å². The van der Waals surface area contributed by atoms with Crippen molar-refractivity contribution in [3.63, 3.8) is 0 Å². The Bertz CT molecular complexity index is 134. The van der Waals surface area contributed by atoms with Crippen molar-refractivity contribution < 1.29 is 0 Å². The molecule has 1 aromatic rings. The van der Waals surface area contributed by atoms with Crippen molar-refractivity contribution in [3.8, 4) is 0 Å². The van der Waals surface area contributed by atoms with E-state index < -0.39 is 0 Å². The van der Waals surface area contributed by atoms with E-state index in [-0.39, 0.29) is 0 Å². The first-order valence-electron chi connectivity index (χ1n) is 2.02. The standard InChI is InChI=1S/C6H4Cl/c7-6-4-2-1-3-5-6/h1-4H/q-1. The van der Waals surface area contributed by atoms with Gasteiger partial charge in [-0.15, -0.1) is 11.6 Å². The maximum atomic E-state index is 5.48. The topological polar surface area (TPSA) is 0 Å². The second-order valence-electron chi connectivity index (χ2n) is 1.21. The van der Waals surface area contributed by atoms with Gasteiger partial charge in [0.1, 0.15) is 0 Å². The zero-order valence-corrected chi connectivity index (χ0v) is 4.44. The molecule has 0 amide bonds. The van der Waals surface area contributed by atoms with Gasteiger partial charge in [0.05, 0.1) is 0 Å². The summed E-state index contributed by atoms with van der Waals surface area (Å²) in [4.78, 5) is 0. The van der Waals surface area contributed by atoms with E-state index >= 15 is 0 Å². The van der Waals surface area contributed by atoms with Crippen molar-refractivity contribution in [1.82, 2.24) is 0 Å². The largest absolute Gasteiger partial charge is 0.176 e. The highest BCUT2D eigenvalue weighted by Crippen LogP contribution is 2.02. The van der Waals surface area contributed by atoms with Crippen LogP contribution in [0.1, 0.15) is 0 Å². The minimum absolute atomic E-state index is 0.669. The Morgan fingerprint density at radius 1 is 1.43 bits per heavy atom. The third kappa shape index (κ3) is 1.20. The van der Waals surface area contributed by atoms with Crippen molar-refractivity contribution in [3.05, 3.63) is 35.4 Å². The molecule has 0 N–H and O–H groups in total. The van der Waals surface area contributed by atoms with Crippen molar-refractivity contribution in [2.24, 2.45) is 0 Å². The predicted molar refractivity (Wildman–Crippen MR) is 30.3 cm³/mol. The maximum Gasteiger partial charge on any atom is -0.0724 e. The normalized spacial score (nSPS) is 8.71. The molecule has 1 aromatic carbocycles. The fourth-order valence-electron chi connectivity index (χ4n) is 0.371. The summed E-state index contributed by atoms with van der Waals surface area (Å²) in [5.41, 5.74) is 0. The summed E-state index contributed by atoms with van der Waals surface area (Å²) in [6, 6.07) is 10.1. The number of rotatable bonds is 0. The average Bonchev–Trinajstić information content (AvgIpc) is 1.69. The van der Waals surface area contributed by atoms with Crippen molar-refractivity contribution in [1.29, 1.82) is 0 Å². The van der Waals surface area contributed by atoms with Gasteiger partial charge in [-0.2, -0.15) is 30.3 Å². The maximum absolute atomic E-state index is 5.48. The minimum Gasteiger partial charge on any atom is -0.176 e. The summed E-state index contributed by atoms with van der Waals surface area (Å²) in [6.45, 7) is 0. The lowest BCUT2D eigenvalue weighted by molar-refractivity contribution is 1.69. The fourth-order valence-corrected chi connectivity index (χ4v) is 0.507. The number of hydrogen-bond donors (Lipinski definition) is 0. The quantitative estimate of drug-likeness (QED) is 0.450. The van der Waals surface area contributed by atoms with Crippen LogP contribution in [-0.2, 0) is 0 Å². The zero-order valence-electron chi connectivity index (χ0n) is 3.69. The molecular formula is C6H4Cl-. The predicted octanol–water partition coefficient (Wildman–Crippen LogP) is 2.14. The van der Waals surface area contributed by atoms with Crippen LogP contribution in [0, 0.1) is 6.07 Å². The average molecular weight is 112 g/mol. The Kier molecular flexibility index (Phi) is 1.32. The highest BCUT2D eigenvalue weighted by Gasteiger charge is 1.64. The molecule has 0 saturated carbocycles. The summed E-state index contributed by atoms with van der Waals surface area (Å²) in [5, 5.41) is 0.669. The summed E-state index contributed by atoms with van der Waals surface area (Å²) < 4.78 is 0. The molecule has 36 valence electrons. The first-order valence-corrected chi connectivity index (χ1v) is 2.39. The van der Waals surface area contributed by atoms with Crippen molar-refractivity contribution in [2.75, 3.05) is 0 Å². The molecule has 0 fully saturated rings. The molecule has 0 heterocycles. The summed E-state index contributed by atoms with van der Waals surface area (Å²) in [7, 11) is 0. The molecule has 0 aliphatic rings. The molecule has 0 unspecified atom stereocenters. The van der Waals surface area contributed by atoms with E-state index in [1.165, 1.54) is 0 Å². The highest BCUT2D eigenvalue weighted by atomic mass is 35.5. The van der Waals surface area contributed by atoms with Gasteiger partial charge in [0.15, 0.2) is 0 Å². The van der Waals surface area contributed by atoms with Crippen molar-refractivity contribution in [2.45, 2.75) is 0 Å². The lowest BCUT2D eigenvalue weighted by Gasteiger charge is -1.90. The molecule has 0 spiro atoms. The molecule has 0 saturated heterocycles. The van der Waals surface area contributed by atoms with Gasteiger partial charge in [-0.1, -0.05) is 5.02 Å².